The second-order valence-corrected chi connectivity index (χ2v) is 4.81. The van der Waals surface area contributed by atoms with Gasteiger partial charge in [0.15, 0.2) is 0 Å². The van der Waals surface area contributed by atoms with Crippen molar-refractivity contribution < 1.29 is 0 Å². The van der Waals surface area contributed by atoms with Gasteiger partial charge in [0.25, 0.3) is 0 Å². The molecule has 0 spiro atoms. The first-order valence-electron chi connectivity index (χ1n) is 6.06. The molecule has 17 heavy (non-hydrogen) atoms. The van der Waals surface area contributed by atoms with Crippen molar-refractivity contribution in [2.24, 2.45) is 5.92 Å². The summed E-state index contributed by atoms with van der Waals surface area (Å²) in [5.41, 5.74) is 0.685. The summed E-state index contributed by atoms with van der Waals surface area (Å²) in [5.74, 6) is 1.39. The molecule has 1 saturated carbocycles. The molecule has 1 heterocycles. The largest absolute Gasteiger partial charge is 0.369 e. The summed E-state index contributed by atoms with van der Waals surface area (Å²) in [4.78, 5) is 7.99. The number of aromatic nitrogens is 2. The van der Waals surface area contributed by atoms with E-state index in [1.165, 1.54) is 38.3 Å². The van der Waals surface area contributed by atoms with Crippen molar-refractivity contribution in [2.45, 2.75) is 32.1 Å². The molecule has 2 rings (SSSR count). The van der Waals surface area contributed by atoms with Gasteiger partial charge in [-0.2, -0.15) is 0 Å². The minimum atomic E-state index is 0.224. The standard InChI is InChI=1S/C12H17ClN4/c13-12-16-8-10(6-14)11(17-12)15-7-9-4-2-1-3-5-9/h6,8-9,14H,1-5,7H2,(H,15,16,17). The Morgan fingerprint density at radius 3 is 2.88 bits per heavy atom. The summed E-state index contributed by atoms with van der Waals surface area (Å²) < 4.78 is 0. The highest BCUT2D eigenvalue weighted by Crippen LogP contribution is 2.24. The number of halogens is 1. The fourth-order valence-electron chi connectivity index (χ4n) is 2.25. The highest BCUT2D eigenvalue weighted by atomic mass is 35.5. The van der Waals surface area contributed by atoms with E-state index in [0.717, 1.165) is 12.5 Å². The Kier molecular flexibility index (Phi) is 4.31. The highest BCUT2D eigenvalue weighted by Gasteiger charge is 2.14. The van der Waals surface area contributed by atoms with Crippen LogP contribution in [0.25, 0.3) is 0 Å². The van der Waals surface area contributed by atoms with Crippen LogP contribution in [0.15, 0.2) is 6.20 Å². The normalized spacial score (nSPS) is 16.8. The summed E-state index contributed by atoms with van der Waals surface area (Å²) in [6.45, 7) is 0.911. The van der Waals surface area contributed by atoms with Gasteiger partial charge < -0.3 is 10.7 Å². The molecule has 0 atom stereocenters. The van der Waals surface area contributed by atoms with Crippen LogP contribution in [-0.2, 0) is 0 Å². The predicted molar refractivity (Wildman–Crippen MR) is 70.0 cm³/mol. The first-order valence-corrected chi connectivity index (χ1v) is 6.44. The Labute approximate surface area is 106 Å². The number of rotatable bonds is 4. The smallest absolute Gasteiger partial charge is 0.224 e. The average molecular weight is 253 g/mol. The lowest BCUT2D eigenvalue weighted by Gasteiger charge is -2.22. The zero-order valence-electron chi connectivity index (χ0n) is 9.75. The monoisotopic (exact) mass is 252 g/mol. The maximum atomic E-state index is 7.29. The van der Waals surface area contributed by atoms with Crippen molar-refractivity contribution in [3.63, 3.8) is 0 Å². The van der Waals surface area contributed by atoms with Crippen molar-refractivity contribution >= 4 is 23.6 Å². The summed E-state index contributed by atoms with van der Waals surface area (Å²) in [6, 6.07) is 0. The van der Waals surface area contributed by atoms with Crippen LogP contribution in [-0.4, -0.2) is 22.7 Å². The average Bonchev–Trinajstić information content (AvgIpc) is 2.38. The molecule has 1 fully saturated rings. The molecule has 1 aliphatic rings. The predicted octanol–water partition coefficient (Wildman–Crippen LogP) is 3.12. The second kappa shape index (κ2) is 5.96. The minimum absolute atomic E-state index is 0.224. The molecule has 0 bridgehead atoms. The third kappa shape index (κ3) is 3.40. The minimum Gasteiger partial charge on any atom is -0.369 e. The highest BCUT2D eigenvalue weighted by molar-refractivity contribution is 6.28. The fraction of sp³-hybridized carbons (Fsp3) is 0.583. The molecule has 92 valence electrons. The number of nitrogens with zero attached hydrogens (tertiary/aromatic N) is 2. The quantitative estimate of drug-likeness (QED) is 0.639. The maximum absolute atomic E-state index is 7.29. The summed E-state index contributed by atoms with van der Waals surface area (Å²) in [7, 11) is 0. The molecule has 5 heteroatoms. The van der Waals surface area contributed by atoms with Crippen LogP contribution in [0, 0.1) is 11.3 Å². The summed E-state index contributed by atoms with van der Waals surface area (Å²) in [5, 5.41) is 10.8. The van der Waals surface area contributed by atoms with Gasteiger partial charge in [0.1, 0.15) is 5.82 Å². The Hall–Kier alpha value is -1.16. The molecule has 0 aromatic carbocycles. The first kappa shape index (κ1) is 12.3. The lowest BCUT2D eigenvalue weighted by Crippen LogP contribution is -2.18. The Balaban J connectivity index is 1.97. The first-order chi connectivity index (χ1) is 8.29. The van der Waals surface area contributed by atoms with Crippen molar-refractivity contribution in [1.82, 2.24) is 9.97 Å². The second-order valence-electron chi connectivity index (χ2n) is 4.47. The van der Waals surface area contributed by atoms with Crippen LogP contribution in [0.3, 0.4) is 0 Å². The molecule has 1 aromatic rings. The van der Waals surface area contributed by atoms with E-state index >= 15 is 0 Å². The van der Waals surface area contributed by atoms with Crippen molar-refractivity contribution in [3.05, 3.63) is 17.0 Å². The van der Waals surface area contributed by atoms with Gasteiger partial charge in [0.2, 0.25) is 5.28 Å². The Bertz CT molecular complexity index is 388. The number of anilines is 1. The van der Waals surface area contributed by atoms with Gasteiger partial charge in [-0.15, -0.1) is 0 Å². The molecule has 4 nitrogen and oxygen atoms in total. The molecule has 0 aliphatic heterocycles. The number of nitrogens with one attached hydrogen (secondary N) is 2. The van der Waals surface area contributed by atoms with Gasteiger partial charge in [0, 0.05) is 19.0 Å². The van der Waals surface area contributed by atoms with Gasteiger partial charge in [-0.1, -0.05) is 19.3 Å². The Morgan fingerprint density at radius 1 is 1.41 bits per heavy atom. The van der Waals surface area contributed by atoms with Gasteiger partial charge in [-0.3, -0.25) is 0 Å². The van der Waals surface area contributed by atoms with Crippen molar-refractivity contribution in [1.29, 1.82) is 5.41 Å². The van der Waals surface area contributed by atoms with E-state index in [2.05, 4.69) is 15.3 Å². The summed E-state index contributed by atoms with van der Waals surface area (Å²) in [6.07, 6.45) is 9.41. The van der Waals surface area contributed by atoms with E-state index in [1.807, 2.05) is 0 Å². The van der Waals surface area contributed by atoms with Crippen LogP contribution >= 0.6 is 11.6 Å². The van der Waals surface area contributed by atoms with Crippen molar-refractivity contribution in [3.8, 4) is 0 Å². The molecular formula is C12H17ClN4. The molecule has 1 aliphatic carbocycles. The van der Waals surface area contributed by atoms with Crippen LogP contribution in [0.1, 0.15) is 37.7 Å². The third-order valence-corrected chi connectivity index (χ3v) is 3.41. The molecule has 2 N–H and O–H groups in total. The number of hydrogen-bond donors (Lipinski definition) is 2. The maximum Gasteiger partial charge on any atom is 0.224 e. The SMILES string of the molecule is N=Cc1cnc(Cl)nc1NCC1CCCCC1. The van der Waals surface area contributed by atoms with E-state index in [9.17, 15) is 0 Å². The number of hydrogen-bond acceptors (Lipinski definition) is 4. The van der Waals surface area contributed by atoms with E-state index in [0.29, 0.717) is 11.4 Å². The van der Waals surface area contributed by atoms with Crippen LogP contribution < -0.4 is 5.32 Å². The van der Waals surface area contributed by atoms with E-state index in [-0.39, 0.29) is 5.28 Å². The zero-order valence-corrected chi connectivity index (χ0v) is 10.5. The Morgan fingerprint density at radius 2 is 2.18 bits per heavy atom. The zero-order chi connectivity index (χ0) is 12.1. The van der Waals surface area contributed by atoms with Gasteiger partial charge in [0.05, 0.1) is 5.56 Å². The molecular weight excluding hydrogens is 236 g/mol. The topological polar surface area (TPSA) is 61.7 Å². The van der Waals surface area contributed by atoms with Gasteiger partial charge in [-0.05, 0) is 30.4 Å². The van der Waals surface area contributed by atoms with E-state index in [4.69, 9.17) is 17.0 Å². The lowest BCUT2D eigenvalue weighted by molar-refractivity contribution is 0.373. The van der Waals surface area contributed by atoms with Crippen LogP contribution in [0.4, 0.5) is 5.82 Å². The molecule has 0 amide bonds. The van der Waals surface area contributed by atoms with Crippen LogP contribution in [0.5, 0.6) is 0 Å². The fourth-order valence-corrected chi connectivity index (χ4v) is 2.38. The lowest BCUT2D eigenvalue weighted by atomic mass is 9.89. The molecule has 1 aromatic heterocycles. The summed E-state index contributed by atoms with van der Waals surface area (Å²) >= 11 is 5.76. The van der Waals surface area contributed by atoms with Crippen molar-refractivity contribution in [2.75, 3.05) is 11.9 Å². The third-order valence-electron chi connectivity index (χ3n) is 3.23. The van der Waals surface area contributed by atoms with Gasteiger partial charge in [-0.25, -0.2) is 9.97 Å². The molecule has 0 radical (unpaired) electrons. The van der Waals surface area contributed by atoms with Gasteiger partial charge >= 0.3 is 0 Å². The van der Waals surface area contributed by atoms with Crippen LogP contribution in [0.2, 0.25) is 5.28 Å². The molecule has 0 saturated heterocycles. The van der Waals surface area contributed by atoms with E-state index < -0.39 is 0 Å². The van der Waals surface area contributed by atoms with E-state index in [1.54, 1.807) is 6.20 Å². The molecule has 0 unspecified atom stereocenters.